The summed E-state index contributed by atoms with van der Waals surface area (Å²) in [5, 5.41) is 0. The van der Waals surface area contributed by atoms with Crippen molar-refractivity contribution in [3.8, 4) is 0 Å². The van der Waals surface area contributed by atoms with E-state index in [0.717, 1.165) is 25.7 Å². The predicted molar refractivity (Wildman–Crippen MR) is 49.1 cm³/mol. The minimum Gasteiger partial charge on any atom is -0.462 e. The summed E-state index contributed by atoms with van der Waals surface area (Å²) < 4.78 is 5.41. The van der Waals surface area contributed by atoms with E-state index >= 15 is 0 Å². The lowest BCUT2D eigenvalue weighted by Crippen LogP contribution is -2.29. The van der Waals surface area contributed by atoms with Gasteiger partial charge in [-0.05, 0) is 38.5 Å². The molecule has 2 aliphatic rings. The second kappa shape index (κ2) is 3.29. The van der Waals surface area contributed by atoms with Crippen molar-refractivity contribution in [2.75, 3.05) is 6.54 Å². The third-order valence-corrected chi connectivity index (χ3v) is 3.25. The van der Waals surface area contributed by atoms with Crippen molar-refractivity contribution < 1.29 is 9.53 Å². The van der Waals surface area contributed by atoms with Gasteiger partial charge >= 0.3 is 5.97 Å². The maximum atomic E-state index is 11.6. The Balaban J connectivity index is 1.84. The lowest BCUT2D eigenvalue weighted by molar-refractivity contribution is -0.155. The molecule has 0 radical (unpaired) electrons. The number of hydrogen-bond donors (Lipinski definition) is 1. The summed E-state index contributed by atoms with van der Waals surface area (Å²) in [6.45, 7) is 0.457. The van der Waals surface area contributed by atoms with E-state index in [1.807, 2.05) is 0 Å². The summed E-state index contributed by atoms with van der Waals surface area (Å²) in [5.41, 5.74) is 5.27. The van der Waals surface area contributed by atoms with Crippen LogP contribution in [0.15, 0.2) is 0 Å². The maximum Gasteiger partial charge on any atom is 0.313 e. The summed E-state index contributed by atoms with van der Waals surface area (Å²) in [4.78, 5) is 11.6. The van der Waals surface area contributed by atoms with Crippen LogP contribution in [0.5, 0.6) is 0 Å². The summed E-state index contributed by atoms with van der Waals surface area (Å²) in [5.74, 6) is -0.0399. The van der Waals surface area contributed by atoms with Crippen LogP contribution in [0.2, 0.25) is 0 Å². The van der Waals surface area contributed by atoms with Gasteiger partial charge in [-0.25, -0.2) is 0 Å². The standard InChI is InChI=1S/C10H17NO2/c11-7-10(5-6-10)9(12)13-8-3-1-2-4-8/h8H,1-7,11H2. The van der Waals surface area contributed by atoms with Gasteiger partial charge < -0.3 is 10.5 Å². The number of rotatable bonds is 3. The lowest BCUT2D eigenvalue weighted by Gasteiger charge is -2.16. The van der Waals surface area contributed by atoms with Crippen molar-refractivity contribution in [3.05, 3.63) is 0 Å². The Kier molecular flexibility index (Phi) is 2.28. The second-order valence-corrected chi connectivity index (χ2v) is 4.30. The SMILES string of the molecule is NCC1(C(=O)OC2CCCC2)CC1. The van der Waals surface area contributed by atoms with E-state index in [9.17, 15) is 4.79 Å². The molecule has 0 spiro atoms. The van der Waals surface area contributed by atoms with E-state index in [1.54, 1.807) is 0 Å². The van der Waals surface area contributed by atoms with Gasteiger partial charge in [0.2, 0.25) is 0 Å². The van der Waals surface area contributed by atoms with Gasteiger partial charge in [-0.2, -0.15) is 0 Å². The topological polar surface area (TPSA) is 52.3 Å². The molecule has 2 N–H and O–H groups in total. The fourth-order valence-corrected chi connectivity index (χ4v) is 1.93. The molecule has 2 fully saturated rings. The molecular formula is C10H17NO2. The largest absolute Gasteiger partial charge is 0.462 e. The number of esters is 1. The van der Waals surface area contributed by atoms with Crippen molar-refractivity contribution in [1.29, 1.82) is 0 Å². The lowest BCUT2D eigenvalue weighted by atomic mass is 10.1. The van der Waals surface area contributed by atoms with E-state index in [1.165, 1.54) is 12.8 Å². The fraction of sp³-hybridized carbons (Fsp3) is 0.900. The Morgan fingerprint density at radius 2 is 2.00 bits per heavy atom. The zero-order valence-electron chi connectivity index (χ0n) is 7.92. The summed E-state index contributed by atoms with van der Waals surface area (Å²) in [6, 6.07) is 0. The fourth-order valence-electron chi connectivity index (χ4n) is 1.93. The number of carbonyl (C=O) groups is 1. The molecule has 0 heterocycles. The molecule has 0 aromatic rings. The van der Waals surface area contributed by atoms with Crippen molar-refractivity contribution in [3.63, 3.8) is 0 Å². The first-order valence-electron chi connectivity index (χ1n) is 5.18. The van der Waals surface area contributed by atoms with Crippen LogP contribution in [0, 0.1) is 5.41 Å². The van der Waals surface area contributed by atoms with Crippen LogP contribution in [-0.4, -0.2) is 18.6 Å². The molecule has 2 aliphatic carbocycles. The third kappa shape index (κ3) is 1.70. The predicted octanol–water partition coefficient (Wildman–Crippen LogP) is 1.21. The normalized spacial score (nSPS) is 25.9. The highest BCUT2D eigenvalue weighted by molar-refractivity contribution is 5.80. The Morgan fingerprint density at radius 3 is 2.46 bits per heavy atom. The number of ether oxygens (including phenoxy) is 1. The van der Waals surface area contributed by atoms with Crippen LogP contribution in [0.3, 0.4) is 0 Å². The van der Waals surface area contributed by atoms with Gasteiger partial charge in [0.05, 0.1) is 5.41 Å². The van der Waals surface area contributed by atoms with E-state index < -0.39 is 0 Å². The molecule has 0 aromatic heterocycles. The molecule has 74 valence electrons. The van der Waals surface area contributed by atoms with Gasteiger partial charge in [-0.3, -0.25) is 4.79 Å². The Labute approximate surface area is 78.6 Å². The van der Waals surface area contributed by atoms with E-state index in [2.05, 4.69) is 0 Å². The number of carbonyl (C=O) groups excluding carboxylic acids is 1. The molecule has 0 amide bonds. The first-order chi connectivity index (χ1) is 6.27. The molecule has 3 nitrogen and oxygen atoms in total. The smallest absolute Gasteiger partial charge is 0.313 e. The third-order valence-electron chi connectivity index (χ3n) is 3.25. The molecule has 0 aliphatic heterocycles. The van der Waals surface area contributed by atoms with Crippen LogP contribution in [0.4, 0.5) is 0 Å². The minimum atomic E-state index is -0.275. The highest BCUT2D eigenvalue weighted by Gasteiger charge is 2.50. The molecule has 0 bridgehead atoms. The second-order valence-electron chi connectivity index (χ2n) is 4.30. The zero-order chi connectivity index (χ0) is 9.31. The first kappa shape index (κ1) is 9.00. The van der Waals surface area contributed by atoms with E-state index in [4.69, 9.17) is 10.5 Å². The van der Waals surface area contributed by atoms with Crippen molar-refractivity contribution >= 4 is 5.97 Å². The van der Waals surface area contributed by atoms with Crippen LogP contribution in [0.1, 0.15) is 38.5 Å². The maximum absolute atomic E-state index is 11.6. The van der Waals surface area contributed by atoms with E-state index in [-0.39, 0.29) is 17.5 Å². The molecule has 0 saturated heterocycles. The molecule has 2 saturated carbocycles. The molecule has 13 heavy (non-hydrogen) atoms. The average Bonchev–Trinajstić information content (AvgIpc) is 2.79. The zero-order valence-corrected chi connectivity index (χ0v) is 7.92. The molecule has 0 atom stereocenters. The van der Waals surface area contributed by atoms with E-state index in [0.29, 0.717) is 6.54 Å². The summed E-state index contributed by atoms with van der Waals surface area (Å²) >= 11 is 0. The summed E-state index contributed by atoms with van der Waals surface area (Å²) in [7, 11) is 0. The van der Waals surface area contributed by atoms with Crippen LogP contribution in [-0.2, 0) is 9.53 Å². The quantitative estimate of drug-likeness (QED) is 0.669. The molecule has 2 rings (SSSR count). The van der Waals surface area contributed by atoms with Gasteiger partial charge in [-0.15, -0.1) is 0 Å². The number of hydrogen-bond acceptors (Lipinski definition) is 3. The van der Waals surface area contributed by atoms with Gasteiger partial charge in [0.15, 0.2) is 0 Å². The van der Waals surface area contributed by atoms with Crippen molar-refractivity contribution in [2.45, 2.75) is 44.6 Å². The minimum absolute atomic E-state index is 0.0399. The Morgan fingerprint density at radius 1 is 1.38 bits per heavy atom. The highest BCUT2D eigenvalue weighted by atomic mass is 16.5. The van der Waals surface area contributed by atoms with Crippen molar-refractivity contribution in [2.24, 2.45) is 11.1 Å². The van der Waals surface area contributed by atoms with Crippen molar-refractivity contribution in [1.82, 2.24) is 0 Å². The monoisotopic (exact) mass is 183 g/mol. The first-order valence-corrected chi connectivity index (χ1v) is 5.18. The highest BCUT2D eigenvalue weighted by Crippen LogP contribution is 2.46. The summed E-state index contributed by atoms with van der Waals surface area (Å²) in [6.07, 6.45) is 6.54. The van der Waals surface area contributed by atoms with Gasteiger partial charge in [0.25, 0.3) is 0 Å². The molecule has 0 aromatic carbocycles. The van der Waals surface area contributed by atoms with Crippen LogP contribution < -0.4 is 5.73 Å². The van der Waals surface area contributed by atoms with Crippen LogP contribution >= 0.6 is 0 Å². The van der Waals surface area contributed by atoms with Gasteiger partial charge in [-0.1, -0.05) is 0 Å². The molecular weight excluding hydrogens is 166 g/mol. The molecule has 3 heteroatoms. The van der Waals surface area contributed by atoms with Crippen LogP contribution in [0.25, 0.3) is 0 Å². The Hall–Kier alpha value is -0.570. The number of nitrogens with two attached hydrogens (primary N) is 1. The van der Waals surface area contributed by atoms with Gasteiger partial charge in [0.1, 0.15) is 6.10 Å². The van der Waals surface area contributed by atoms with Gasteiger partial charge in [0, 0.05) is 6.54 Å². The Bertz CT molecular complexity index is 205. The molecule has 0 unspecified atom stereocenters. The average molecular weight is 183 g/mol.